The lowest BCUT2D eigenvalue weighted by Crippen LogP contribution is -2.14. The van der Waals surface area contributed by atoms with E-state index in [1.807, 2.05) is 0 Å². The highest BCUT2D eigenvalue weighted by molar-refractivity contribution is 5.99. The van der Waals surface area contributed by atoms with E-state index in [2.05, 4.69) is 0 Å². The van der Waals surface area contributed by atoms with Crippen LogP contribution in [0.4, 0.5) is 4.39 Å². The second-order valence-electron chi connectivity index (χ2n) is 3.00. The summed E-state index contributed by atoms with van der Waals surface area (Å²) >= 11 is 0. The van der Waals surface area contributed by atoms with Crippen LogP contribution in [0.5, 0.6) is 0 Å². The maximum atomic E-state index is 13.4. The predicted octanol–water partition coefficient (Wildman–Crippen LogP) is 2.18. The summed E-state index contributed by atoms with van der Waals surface area (Å²) in [6, 6.07) is 7.57. The van der Waals surface area contributed by atoms with Crippen molar-refractivity contribution in [2.24, 2.45) is 5.73 Å². The molecule has 0 spiro atoms. The maximum absolute atomic E-state index is 13.4. The summed E-state index contributed by atoms with van der Waals surface area (Å²) in [7, 11) is 0. The van der Waals surface area contributed by atoms with Gasteiger partial charge in [0.1, 0.15) is 11.6 Å². The molecule has 0 saturated heterocycles. The third-order valence-electron chi connectivity index (χ3n) is 2.05. The van der Waals surface area contributed by atoms with Crippen molar-refractivity contribution < 1.29 is 13.6 Å². The molecule has 1 aromatic heterocycles. The second-order valence-corrected chi connectivity index (χ2v) is 3.00. The monoisotopic (exact) mass is 205 g/mol. The predicted molar refractivity (Wildman–Crippen MR) is 52.6 cm³/mol. The van der Waals surface area contributed by atoms with Gasteiger partial charge in [-0.1, -0.05) is 12.1 Å². The van der Waals surface area contributed by atoms with E-state index in [1.165, 1.54) is 18.4 Å². The number of carbonyl (C=O) groups excluding carboxylic acids is 1. The average Bonchev–Trinajstić information content (AvgIpc) is 2.69. The van der Waals surface area contributed by atoms with E-state index in [1.54, 1.807) is 18.2 Å². The fourth-order valence-corrected chi connectivity index (χ4v) is 1.41. The van der Waals surface area contributed by atoms with Crippen molar-refractivity contribution in [3.63, 3.8) is 0 Å². The molecule has 15 heavy (non-hydrogen) atoms. The number of carbonyl (C=O) groups is 1. The molecular weight excluding hydrogens is 197 g/mol. The highest BCUT2D eigenvalue weighted by Gasteiger charge is 2.16. The Bertz CT molecular complexity index is 491. The van der Waals surface area contributed by atoms with Gasteiger partial charge in [0.2, 0.25) is 0 Å². The molecule has 0 aliphatic heterocycles. The van der Waals surface area contributed by atoms with Gasteiger partial charge in [-0.15, -0.1) is 0 Å². The Morgan fingerprint density at radius 3 is 2.67 bits per heavy atom. The molecule has 2 rings (SSSR count). The molecule has 0 atom stereocenters. The first-order valence-corrected chi connectivity index (χ1v) is 4.32. The van der Waals surface area contributed by atoms with Crippen LogP contribution in [-0.4, -0.2) is 5.91 Å². The molecule has 0 aliphatic carbocycles. The first kappa shape index (κ1) is 9.45. The van der Waals surface area contributed by atoms with Gasteiger partial charge in [-0.3, -0.25) is 4.79 Å². The summed E-state index contributed by atoms with van der Waals surface area (Å²) < 4.78 is 18.4. The SMILES string of the molecule is NC(=O)c1c(F)cccc1-c1ccco1. The molecule has 1 amide bonds. The van der Waals surface area contributed by atoms with Crippen molar-refractivity contribution in [3.8, 4) is 11.3 Å². The number of rotatable bonds is 2. The molecule has 0 bridgehead atoms. The number of amides is 1. The van der Waals surface area contributed by atoms with E-state index in [0.29, 0.717) is 11.3 Å². The molecule has 4 heteroatoms. The summed E-state index contributed by atoms with van der Waals surface area (Å²) in [5, 5.41) is 0. The molecule has 3 nitrogen and oxygen atoms in total. The van der Waals surface area contributed by atoms with Crippen molar-refractivity contribution >= 4 is 5.91 Å². The van der Waals surface area contributed by atoms with Crippen LogP contribution in [0.1, 0.15) is 10.4 Å². The van der Waals surface area contributed by atoms with E-state index < -0.39 is 11.7 Å². The molecule has 0 radical (unpaired) electrons. The van der Waals surface area contributed by atoms with E-state index in [-0.39, 0.29) is 5.56 Å². The van der Waals surface area contributed by atoms with E-state index in [9.17, 15) is 9.18 Å². The Kier molecular flexibility index (Phi) is 2.25. The summed E-state index contributed by atoms with van der Waals surface area (Å²) in [6.45, 7) is 0. The van der Waals surface area contributed by atoms with Crippen molar-refractivity contribution in [3.05, 3.63) is 48.0 Å². The summed E-state index contributed by atoms with van der Waals surface area (Å²) in [5.41, 5.74) is 5.32. The molecule has 1 aromatic carbocycles. The standard InChI is InChI=1S/C11H8FNO2/c12-8-4-1-3-7(10(8)11(13)14)9-5-2-6-15-9/h1-6H,(H2,13,14). The molecule has 2 aromatic rings. The molecule has 2 N–H and O–H groups in total. The molecular formula is C11H8FNO2. The fourth-order valence-electron chi connectivity index (χ4n) is 1.41. The number of nitrogens with two attached hydrogens (primary N) is 1. The van der Waals surface area contributed by atoms with E-state index >= 15 is 0 Å². The molecule has 0 aliphatic rings. The highest BCUT2D eigenvalue weighted by atomic mass is 19.1. The van der Waals surface area contributed by atoms with E-state index in [4.69, 9.17) is 10.2 Å². The second kappa shape index (κ2) is 3.57. The number of benzene rings is 1. The Labute approximate surface area is 85.3 Å². The summed E-state index contributed by atoms with van der Waals surface area (Å²) in [6.07, 6.45) is 1.45. The van der Waals surface area contributed by atoms with Crippen molar-refractivity contribution in [2.75, 3.05) is 0 Å². The third-order valence-corrected chi connectivity index (χ3v) is 2.05. The average molecular weight is 205 g/mol. The third kappa shape index (κ3) is 1.61. The lowest BCUT2D eigenvalue weighted by Gasteiger charge is -2.04. The zero-order chi connectivity index (χ0) is 10.8. The Morgan fingerprint density at radius 2 is 2.07 bits per heavy atom. The number of hydrogen-bond acceptors (Lipinski definition) is 2. The van der Waals surface area contributed by atoms with Crippen LogP contribution in [0.25, 0.3) is 11.3 Å². The fraction of sp³-hybridized carbons (Fsp3) is 0. The van der Waals surface area contributed by atoms with Gasteiger partial charge >= 0.3 is 0 Å². The summed E-state index contributed by atoms with van der Waals surface area (Å²) in [5.74, 6) is -1.03. The van der Waals surface area contributed by atoms with Crippen LogP contribution < -0.4 is 5.73 Å². The topological polar surface area (TPSA) is 56.2 Å². The van der Waals surface area contributed by atoms with Gasteiger partial charge in [-0.25, -0.2) is 4.39 Å². The van der Waals surface area contributed by atoms with Crippen molar-refractivity contribution in [1.82, 2.24) is 0 Å². The van der Waals surface area contributed by atoms with Gasteiger partial charge < -0.3 is 10.2 Å². The first-order chi connectivity index (χ1) is 7.20. The van der Waals surface area contributed by atoms with Crippen LogP contribution >= 0.6 is 0 Å². The van der Waals surface area contributed by atoms with Crippen LogP contribution in [0.15, 0.2) is 41.0 Å². The van der Waals surface area contributed by atoms with Crippen LogP contribution in [0, 0.1) is 5.82 Å². The minimum atomic E-state index is -0.806. The molecule has 0 unspecified atom stereocenters. The van der Waals surface area contributed by atoms with Crippen LogP contribution in [-0.2, 0) is 0 Å². The Morgan fingerprint density at radius 1 is 1.27 bits per heavy atom. The smallest absolute Gasteiger partial charge is 0.252 e. The van der Waals surface area contributed by atoms with Gasteiger partial charge in [0.25, 0.3) is 5.91 Å². The lowest BCUT2D eigenvalue weighted by molar-refractivity contribution is 0.0997. The van der Waals surface area contributed by atoms with Crippen molar-refractivity contribution in [2.45, 2.75) is 0 Å². The molecule has 1 heterocycles. The number of furan rings is 1. The van der Waals surface area contributed by atoms with Gasteiger partial charge in [0.15, 0.2) is 0 Å². The highest BCUT2D eigenvalue weighted by Crippen LogP contribution is 2.25. The zero-order valence-electron chi connectivity index (χ0n) is 7.74. The van der Waals surface area contributed by atoms with Gasteiger partial charge in [-0.05, 0) is 18.2 Å². The minimum absolute atomic E-state index is 0.146. The van der Waals surface area contributed by atoms with Crippen LogP contribution in [0.2, 0.25) is 0 Å². The van der Waals surface area contributed by atoms with Crippen LogP contribution in [0.3, 0.4) is 0 Å². The normalized spacial score (nSPS) is 10.2. The first-order valence-electron chi connectivity index (χ1n) is 4.32. The number of primary amides is 1. The van der Waals surface area contributed by atoms with Gasteiger partial charge in [0, 0.05) is 5.56 Å². The largest absolute Gasteiger partial charge is 0.464 e. The molecule has 76 valence electrons. The molecule has 0 saturated carbocycles. The van der Waals surface area contributed by atoms with Gasteiger partial charge in [0.05, 0.1) is 11.8 Å². The number of hydrogen-bond donors (Lipinski definition) is 1. The Hall–Kier alpha value is -2.10. The lowest BCUT2D eigenvalue weighted by atomic mass is 10.0. The molecule has 0 fully saturated rings. The maximum Gasteiger partial charge on any atom is 0.252 e. The zero-order valence-corrected chi connectivity index (χ0v) is 7.74. The van der Waals surface area contributed by atoms with E-state index in [0.717, 1.165) is 0 Å². The van der Waals surface area contributed by atoms with Gasteiger partial charge in [-0.2, -0.15) is 0 Å². The van der Waals surface area contributed by atoms with Crippen molar-refractivity contribution in [1.29, 1.82) is 0 Å². The Balaban J connectivity index is 2.66. The minimum Gasteiger partial charge on any atom is -0.464 e. The number of halogens is 1. The quantitative estimate of drug-likeness (QED) is 0.816. The summed E-state index contributed by atoms with van der Waals surface area (Å²) in [4.78, 5) is 11.1.